The zero-order valence-electron chi connectivity index (χ0n) is 15.4. The van der Waals surface area contributed by atoms with Crippen molar-refractivity contribution in [1.82, 2.24) is 14.4 Å². The van der Waals surface area contributed by atoms with Crippen molar-refractivity contribution in [2.75, 3.05) is 26.2 Å². The highest BCUT2D eigenvalue weighted by atomic mass is 16.3. The Morgan fingerprint density at radius 2 is 1.54 bits per heavy atom. The van der Waals surface area contributed by atoms with Gasteiger partial charge in [-0.1, -0.05) is 36.4 Å². The third-order valence-corrected chi connectivity index (χ3v) is 5.51. The predicted octanol–water partition coefficient (Wildman–Crippen LogP) is 2.99. The van der Waals surface area contributed by atoms with Gasteiger partial charge in [0.25, 0.3) is 0 Å². The topological polar surface area (TPSA) is 31.6 Å². The molecule has 4 nitrogen and oxygen atoms in total. The molecule has 2 heterocycles. The van der Waals surface area contributed by atoms with Crippen molar-refractivity contribution in [2.24, 2.45) is 7.05 Å². The van der Waals surface area contributed by atoms with Gasteiger partial charge in [0.15, 0.2) is 0 Å². The lowest BCUT2D eigenvalue weighted by Crippen LogP contribution is -2.45. The first-order valence-corrected chi connectivity index (χ1v) is 9.39. The quantitative estimate of drug-likeness (QED) is 0.768. The fourth-order valence-corrected chi connectivity index (χ4v) is 3.88. The molecule has 1 aliphatic heterocycles. The van der Waals surface area contributed by atoms with E-state index in [0.29, 0.717) is 0 Å². The molecule has 1 aromatic heterocycles. The van der Waals surface area contributed by atoms with Gasteiger partial charge in [-0.15, -0.1) is 0 Å². The van der Waals surface area contributed by atoms with Gasteiger partial charge >= 0.3 is 0 Å². The highest BCUT2D eigenvalue weighted by Crippen LogP contribution is 2.19. The normalized spacial score (nSPS) is 16.4. The summed E-state index contributed by atoms with van der Waals surface area (Å²) in [7, 11) is 2.11. The molecule has 1 N–H and O–H groups in total. The molecule has 0 aliphatic carbocycles. The number of hydrogen-bond donors (Lipinski definition) is 1. The first-order valence-electron chi connectivity index (χ1n) is 9.39. The van der Waals surface area contributed by atoms with Crippen LogP contribution in [0, 0.1) is 0 Å². The molecule has 4 rings (SSSR count). The first kappa shape index (κ1) is 17.3. The Hall–Kier alpha value is -2.14. The Balaban J connectivity index is 1.35. The van der Waals surface area contributed by atoms with E-state index in [-0.39, 0.29) is 6.61 Å². The van der Waals surface area contributed by atoms with Crippen LogP contribution in [0.2, 0.25) is 0 Å². The number of aliphatic hydroxyl groups excluding tert-OH is 1. The molecule has 1 fully saturated rings. The lowest BCUT2D eigenvalue weighted by molar-refractivity contribution is 0.121. The fourth-order valence-electron chi connectivity index (χ4n) is 3.88. The third kappa shape index (κ3) is 3.68. The molecule has 4 heteroatoms. The highest BCUT2D eigenvalue weighted by molar-refractivity contribution is 5.80. The largest absolute Gasteiger partial charge is 0.392 e. The van der Waals surface area contributed by atoms with Gasteiger partial charge in [0, 0.05) is 58.0 Å². The second kappa shape index (κ2) is 7.62. The van der Waals surface area contributed by atoms with Crippen LogP contribution < -0.4 is 0 Å². The Morgan fingerprint density at radius 3 is 2.27 bits per heavy atom. The van der Waals surface area contributed by atoms with Crippen molar-refractivity contribution < 1.29 is 5.11 Å². The summed E-state index contributed by atoms with van der Waals surface area (Å²) in [4.78, 5) is 5.03. The van der Waals surface area contributed by atoms with Gasteiger partial charge in [-0.2, -0.15) is 0 Å². The number of benzene rings is 2. The van der Waals surface area contributed by atoms with Crippen molar-refractivity contribution in [2.45, 2.75) is 19.7 Å². The molecule has 1 aliphatic rings. The number of aromatic nitrogens is 1. The first-order chi connectivity index (χ1) is 12.7. The minimum atomic E-state index is 0.123. The number of hydrogen-bond acceptors (Lipinski definition) is 3. The molecular formula is C22H27N3O. The molecule has 0 amide bonds. The summed E-state index contributed by atoms with van der Waals surface area (Å²) in [5, 5.41) is 10.8. The van der Waals surface area contributed by atoms with Crippen molar-refractivity contribution in [3.63, 3.8) is 0 Å². The lowest BCUT2D eigenvalue weighted by Gasteiger charge is -2.35. The van der Waals surface area contributed by atoms with Gasteiger partial charge < -0.3 is 9.67 Å². The second-order valence-corrected chi connectivity index (χ2v) is 7.30. The van der Waals surface area contributed by atoms with E-state index in [4.69, 9.17) is 0 Å². The van der Waals surface area contributed by atoms with E-state index in [0.717, 1.165) is 44.8 Å². The van der Waals surface area contributed by atoms with E-state index in [9.17, 15) is 5.11 Å². The minimum absolute atomic E-state index is 0.123. The predicted molar refractivity (Wildman–Crippen MR) is 106 cm³/mol. The van der Waals surface area contributed by atoms with Crippen LogP contribution in [0.25, 0.3) is 10.9 Å². The maximum absolute atomic E-state index is 9.50. The van der Waals surface area contributed by atoms with Crippen molar-refractivity contribution in [3.05, 3.63) is 71.4 Å². The van der Waals surface area contributed by atoms with Gasteiger partial charge in [0.1, 0.15) is 0 Å². The molecule has 3 aromatic rings. The maximum atomic E-state index is 9.50. The number of aliphatic hydroxyl groups is 1. The molecule has 0 spiro atoms. The van der Waals surface area contributed by atoms with Crippen LogP contribution in [-0.4, -0.2) is 45.7 Å². The van der Waals surface area contributed by atoms with E-state index in [2.05, 4.69) is 64.0 Å². The number of aryl methyl sites for hydroxylation is 1. The third-order valence-electron chi connectivity index (χ3n) is 5.51. The Morgan fingerprint density at radius 1 is 0.846 bits per heavy atom. The summed E-state index contributed by atoms with van der Waals surface area (Å²) in [6, 6.07) is 17.2. The van der Waals surface area contributed by atoms with Crippen LogP contribution in [-0.2, 0) is 26.7 Å². The molecular weight excluding hydrogens is 322 g/mol. The van der Waals surface area contributed by atoms with Gasteiger partial charge in [0.2, 0.25) is 0 Å². The molecule has 2 aromatic carbocycles. The zero-order valence-corrected chi connectivity index (χ0v) is 15.4. The van der Waals surface area contributed by atoms with Crippen molar-refractivity contribution in [1.29, 1.82) is 0 Å². The molecule has 136 valence electrons. The van der Waals surface area contributed by atoms with Crippen LogP contribution in [0.1, 0.15) is 16.7 Å². The lowest BCUT2D eigenvalue weighted by atomic mass is 10.1. The summed E-state index contributed by atoms with van der Waals surface area (Å²) in [5.74, 6) is 0. The molecule has 0 bridgehead atoms. The summed E-state index contributed by atoms with van der Waals surface area (Å²) < 4.78 is 2.19. The van der Waals surface area contributed by atoms with Crippen LogP contribution in [0.5, 0.6) is 0 Å². The van der Waals surface area contributed by atoms with E-state index >= 15 is 0 Å². The van der Waals surface area contributed by atoms with Gasteiger partial charge in [-0.3, -0.25) is 9.80 Å². The highest BCUT2D eigenvalue weighted by Gasteiger charge is 2.18. The molecule has 26 heavy (non-hydrogen) atoms. The summed E-state index contributed by atoms with van der Waals surface area (Å²) >= 11 is 0. The Kier molecular flexibility index (Phi) is 5.07. The maximum Gasteiger partial charge on any atom is 0.0685 e. The number of fused-ring (bicyclic) bond motifs is 1. The summed E-state index contributed by atoms with van der Waals surface area (Å²) in [6.07, 6.45) is 2.12. The van der Waals surface area contributed by atoms with E-state index in [1.54, 1.807) is 0 Å². The van der Waals surface area contributed by atoms with Crippen molar-refractivity contribution in [3.8, 4) is 0 Å². The number of nitrogens with zero attached hydrogens (tertiary/aromatic N) is 3. The smallest absolute Gasteiger partial charge is 0.0685 e. The van der Waals surface area contributed by atoms with E-state index < -0.39 is 0 Å². The SMILES string of the molecule is Cn1ccc2ccc(CN3CCN(Cc4ccccc4CO)CC3)cc21. The van der Waals surface area contributed by atoms with Crippen LogP contribution in [0.15, 0.2) is 54.7 Å². The molecule has 0 radical (unpaired) electrons. The molecule has 0 atom stereocenters. The fraction of sp³-hybridized carbons (Fsp3) is 0.364. The monoisotopic (exact) mass is 349 g/mol. The Labute approximate surface area is 155 Å². The van der Waals surface area contributed by atoms with E-state index in [1.807, 2.05) is 12.1 Å². The average Bonchev–Trinajstić information content (AvgIpc) is 3.04. The molecule has 0 saturated carbocycles. The van der Waals surface area contributed by atoms with Crippen LogP contribution in [0.3, 0.4) is 0 Å². The van der Waals surface area contributed by atoms with Gasteiger partial charge in [-0.25, -0.2) is 0 Å². The van der Waals surface area contributed by atoms with Gasteiger partial charge in [0.05, 0.1) is 6.61 Å². The summed E-state index contributed by atoms with van der Waals surface area (Å²) in [5.41, 5.74) is 4.99. The Bertz CT molecular complexity index is 878. The van der Waals surface area contributed by atoms with Crippen LogP contribution >= 0.6 is 0 Å². The van der Waals surface area contributed by atoms with E-state index in [1.165, 1.54) is 22.0 Å². The minimum Gasteiger partial charge on any atom is -0.392 e. The van der Waals surface area contributed by atoms with Crippen LogP contribution in [0.4, 0.5) is 0 Å². The molecule has 0 unspecified atom stereocenters. The molecule has 1 saturated heterocycles. The standard InChI is InChI=1S/C22H27N3O/c1-23-9-8-19-7-6-18(14-22(19)23)15-24-10-12-25(13-11-24)16-20-4-2-3-5-21(20)17-26/h2-9,14,26H,10-13,15-17H2,1H3. The van der Waals surface area contributed by atoms with Gasteiger partial charge in [-0.05, 0) is 34.2 Å². The number of piperazine rings is 1. The second-order valence-electron chi connectivity index (χ2n) is 7.30. The average molecular weight is 349 g/mol. The number of rotatable bonds is 5. The summed E-state index contributed by atoms with van der Waals surface area (Å²) in [6.45, 7) is 6.40. The zero-order chi connectivity index (χ0) is 17.9. The van der Waals surface area contributed by atoms with Crippen molar-refractivity contribution >= 4 is 10.9 Å².